The topological polar surface area (TPSA) is 9.23 Å². The molecule has 0 radical (unpaired) electrons. The maximum Gasteiger partial charge on any atom is 0.185 e. The van der Waals surface area contributed by atoms with Crippen LogP contribution in [-0.2, 0) is 4.43 Å². The second-order valence-electron chi connectivity index (χ2n) is 4.00. The standard InChI is InChI=1S/C11H20OSi/c1-6-8-9-10-11(7-2)12-13(3,4)5/h2,8-9,11H,6,10H2,1,3-5H3/b9-8-/t11-/m1/s1. The normalized spacial score (nSPS) is 14.4. The van der Waals surface area contributed by atoms with Crippen LogP contribution in [0.25, 0.3) is 0 Å². The lowest BCUT2D eigenvalue weighted by molar-refractivity contribution is 0.255. The zero-order valence-electron chi connectivity index (χ0n) is 9.13. The van der Waals surface area contributed by atoms with Gasteiger partial charge in [0.05, 0.1) is 0 Å². The van der Waals surface area contributed by atoms with Crippen LogP contribution in [0.4, 0.5) is 0 Å². The van der Waals surface area contributed by atoms with Gasteiger partial charge in [-0.1, -0.05) is 25.0 Å². The molecule has 1 atom stereocenters. The molecule has 0 heterocycles. The Morgan fingerprint density at radius 1 is 1.38 bits per heavy atom. The Hall–Kier alpha value is -0.523. The summed E-state index contributed by atoms with van der Waals surface area (Å²) in [6.07, 6.45) is 11.5. The van der Waals surface area contributed by atoms with Crippen LogP contribution in [0.3, 0.4) is 0 Å². The molecule has 0 saturated heterocycles. The molecule has 0 bridgehead atoms. The summed E-state index contributed by atoms with van der Waals surface area (Å²) in [7, 11) is -1.48. The van der Waals surface area contributed by atoms with Gasteiger partial charge < -0.3 is 4.43 Å². The van der Waals surface area contributed by atoms with Crippen LogP contribution in [0, 0.1) is 12.3 Å². The van der Waals surface area contributed by atoms with Crippen LogP contribution in [0.1, 0.15) is 19.8 Å². The first-order chi connectivity index (χ1) is 5.99. The molecule has 0 spiro atoms. The van der Waals surface area contributed by atoms with E-state index in [2.05, 4.69) is 44.6 Å². The highest BCUT2D eigenvalue weighted by Crippen LogP contribution is 2.09. The molecule has 13 heavy (non-hydrogen) atoms. The number of allylic oxidation sites excluding steroid dienone is 1. The van der Waals surface area contributed by atoms with Crippen molar-refractivity contribution in [2.24, 2.45) is 0 Å². The number of hydrogen-bond acceptors (Lipinski definition) is 1. The molecule has 0 unspecified atom stereocenters. The summed E-state index contributed by atoms with van der Waals surface area (Å²) in [5.41, 5.74) is 0. The van der Waals surface area contributed by atoms with Gasteiger partial charge in [0.2, 0.25) is 0 Å². The highest BCUT2D eigenvalue weighted by atomic mass is 28.4. The monoisotopic (exact) mass is 196 g/mol. The van der Waals surface area contributed by atoms with Gasteiger partial charge in [0.1, 0.15) is 6.10 Å². The first kappa shape index (κ1) is 12.5. The molecule has 0 aromatic rings. The van der Waals surface area contributed by atoms with Crippen LogP contribution >= 0.6 is 0 Å². The molecule has 0 aromatic carbocycles. The average molecular weight is 196 g/mol. The molecule has 74 valence electrons. The number of hydrogen-bond donors (Lipinski definition) is 0. The maximum absolute atomic E-state index is 5.79. The molecule has 0 aliphatic heterocycles. The van der Waals surface area contributed by atoms with Crippen LogP contribution in [0.15, 0.2) is 12.2 Å². The molecular formula is C11H20OSi. The van der Waals surface area contributed by atoms with Crippen molar-refractivity contribution in [2.75, 3.05) is 0 Å². The fraction of sp³-hybridized carbons (Fsp3) is 0.636. The van der Waals surface area contributed by atoms with Crippen molar-refractivity contribution in [2.45, 2.75) is 45.5 Å². The maximum atomic E-state index is 5.79. The lowest BCUT2D eigenvalue weighted by atomic mass is 10.2. The summed E-state index contributed by atoms with van der Waals surface area (Å²) in [6, 6.07) is 0. The Labute approximate surface area is 83.3 Å². The second kappa shape index (κ2) is 6.01. The fourth-order valence-corrected chi connectivity index (χ4v) is 1.98. The van der Waals surface area contributed by atoms with Crippen LogP contribution in [0.2, 0.25) is 19.6 Å². The predicted molar refractivity (Wildman–Crippen MR) is 61.1 cm³/mol. The van der Waals surface area contributed by atoms with E-state index in [0.717, 1.165) is 12.8 Å². The Morgan fingerprint density at radius 2 is 2.00 bits per heavy atom. The van der Waals surface area contributed by atoms with E-state index in [-0.39, 0.29) is 6.10 Å². The van der Waals surface area contributed by atoms with Gasteiger partial charge >= 0.3 is 0 Å². The number of rotatable bonds is 5. The van der Waals surface area contributed by atoms with Gasteiger partial charge in [-0.05, 0) is 26.1 Å². The van der Waals surface area contributed by atoms with E-state index in [1.54, 1.807) is 0 Å². The molecule has 0 rings (SSSR count). The van der Waals surface area contributed by atoms with Crippen molar-refractivity contribution in [3.63, 3.8) is 0 Å². The molecule has 0 saturated carbocycles. The van der Waals surface area contributed by atoms with E-state index in [1.807, 2.05) is 0 Å². The second-order valence-corrected chi connectivity index (χ2v) is 8.46. The molecule has 0 aliphatic carbocycles. The SMILES string of the molecule is C#C[C@H](C/C=C\CC)O[Si](C)(C)C. The molecule has 0 aromatic heterocycles. The number of terminal acetylenes is 1. The summed E-state index contributed by atoms with van der Waals surface area (Å²) in [5, 5.41) is 0. The lowest BCUT2D eigenvalue weighted by Crippen LogP contribution is -2.30. The Morgan fingerprint density at radius 3 is 2.38 bits per heavy atom. The molecule has 0 amide bonds. The summed E-state index contributed by atoms with van der Waals surface area (Å²) in [6.45, 7) is 8.57. The third-order valence-corrected chi connectivity index (χ3v) is 2.43. The van der Waals surface area contributed by atoms with Crippen molar-refractivity contribution < 1.29 is 4.43 Å². The van der Waals surface area contributed by atoms with Crippen molar-refractivity contribution in [3.8, 4) is 12.3 Å². The first-order valence-electron chi connectivity index (χ1n) is 4.78. The van der Waals surface area contributed by atoms with E-state index in [4.69, 9.17) is 10.8 Å². The van der Waals surface area contributed by atoms with Gasteiger partial charge in [0.15, 0.2) is 8.32 Å². The van der Waals surface area contributed by atoms with Crippen molar-refractivity contribution in [3.05, 3.63) is 12.2 Å². The van der Waals surface area contributed by atoms with Gasteiger partial charge in [0.25, 0.3) is 0 Å². The van der Waals surface area contributed by atoms with Gasteiger partial charge in [-0.2, -0.15) is 0 Å². The van der Waals surface area contributed by atoms with E-state index in [1.165, 1.54) is 0 Å². The zero-order valence-corrected chi connectivity index (χ0v) is 10.1. The van der Waals surface area contributed by atoms with Crippen molar-refractivity contribution in [1.29, 1.82) is 0 Å². The van der Waals surface area contributed by atoms with Gasteiger partial charge in [0, 0.05) is 6.42 Å². The van der Waals surface area contributed by atoms with Gasteiger partial charge in [-0.25, -0.2) is 0 Å². The molecule has 2 heteroatoms. The lowest BCUT2D eigenvalue weighted by Gasteiger charge is -2.21. The van der Waals surface area contributed by atoms with Crippen LogP contribution < -0.4 is 0 Å². The molecule has 0 N–H and O–H groups in total. The molecule has 1 nitrogen and oxygen atoms in total. The summed E-state index contributed by atoms with van der Waals surface area (Å²) < 4.78 is 5.79. The minimum atomic E-state index is -1.48. The van der Waals surface area contributed by atoms with Gasteiger partial charge in [-0.15, -0.1) is 6.42 Å². The molecular weight excluding hydrogens is 176 g/mol. The zero-order chi connectivity index (χ0) is 10.3. The van der Waals surface area contributed by atoms with Gasteiger partial charge in [-0.3, -0.25) is 0 Å². The van der Waals surface area contributed by atoms with Crippen LogP contribution in [0.5, 0.6) is 0 Å². The highest BCUT2D eigenvalue weighted by Gasteiger charge is 2.18. The minimum absolute atomic E-state index is 0.0329. The smallest absolute Gasteiger partial charge is 0.185 e. The third-order valence-electron chi connectivity index (χ3n) is 1.43. The average Bonchev–Trinajstić information content (AvgIpc) is 2.01. The summed E-state index contributed by atoms with van der Waals surface area (Å²) >= 11 is 0. The van der Waals surface area contributed by atoms with Crippen LogP contribution in [-0.4, -0.2) is 14.4 Å². The molecule has 0 aliphatic rings. The van der Waals surface area contributed by atoms with E-state index < -0.39 is 8.32 Å². The van der Waals surface area contributed by atoms with Crippen molar-refractivity contribution >= 4 is 8.32 Å². The van der Waals surface area contributed by atoms with Crippen molar-refractivity contribution in [1.82, 2.24) is 0 Å². The largest absolute Gasteiger partial charge is 0.404 e. The third kappa shape index (κ3) is 7.83. The van der Waals surface area contributed by atoms with E-state index >= 15 is 0 Å². The minimum Gasteiger partial charge on any atom is -0.404 e. The predicted octanol–water partition coefficient (Wildman–Crippen LogP) is 3.20. The first-order valence-corrected chi connectivity index (χ1v) is 8.19. The quantitative estimate of drug-likeness (QED) is 0.373. The highest BCUT2D eigenvalue weighted by molar-refractivity contribution is 6.69. The molecule has 0 fully saturated rings. The Kier molecular flexibility index (Phi) is 5.77. The van der Waals surface area contributed by atoms with E-state index in [0.29, 0.717) is 0 Å². The Balaban J connectivity index is 3.92. The summed E-state index contributed by atoms with van der Waals surface area (Å²) in [5.74, 6) is 2.68. The summed E-state index contributed by atoms with van der Waals surface area (Å²) in [4.78, 5) is 0. The fourth-order valence-electron chi connectivity index (χ4n) is 0.963. The Bertz CT molecular complexity index is 195. The van der Waals surface area contributed by atoms with E-state index in [9.17, 15) is 0 Å².